The van der Waals surface area contributed by atoms with Gasteiger partial charge in [-0.2, -0.15) is 9.78 Å². The van der Waals surface area contributed by atoms with Crippen molar-refractivity contribution in [1.29, 1.82) is 0 Å². The maximum absolute atomic E-state index is 13.2. The van der Waals surface area contributed by atoms with Crippen molar-refractivity contribution in [3.05, 3.63) is 72.7 Å². The summed E-state index contributed by atoms with van der Waals surface area (Å²) in [5, 5.41) is 16.0. The fourth-order valence-electron chi connectivity index (χ4n) is 3.19. The van der Waals surface area contributed by atoms with Crippen LogP contribution in [0.2, 0.25) is 0 Å². The summed E-state index contributed by atoms with van der Waals surface area (Å²) in [4.78, 5) is 40.4. The number of esters is 1. The molecule has 0 spiro atoms. The zero-order chi connectivity index (χ0) is 24.8. The Labute approximate surface area is 203 Å². The number of non-ortho nitro benzene ring substituents is 1. The van der Waals surface area contributed by atoms with E-state index in [9.17, 15) is 19.7 Å². The number of fused-ring (bicyclic) bond motifs is 1. The van der Waals surface area contributed by atoms with Gasteiger partial charge in [-0.15, -0.1) is 0 Å². The van der Waals surface area contributed by atoms with Gasteiger partial charge in [-0.05, 0) is 37.6 Å². The molecule has 0 unspecified atom stereocenters. The third-order valence-corrected chi connectivity index (χ3v) is 5.48. The molecule has 10 nitrogen and oxygen atoms in total. The highest BCUT2D eigenvalue weighted by Gasteiger charge is 2.19. The Bertz CT molecular complexity index is 1320. The van der Waals surface area contributed by atoms with E-state index in [0.29, 0.717) is 23.1 Å². The van der Waals surface area contributed by atoms with Crippen LogP contribution in [0.1, 0.15) is 38.1 Å². The third kappa shape index (κ3) is 5.66. The van der Waals surface area contributed by atoms with Crippen molar-refractivity contribution in [3.63, 3.8) is 0 Å². The molecule has 1 aromatic heterocycles. The first-order valence-corrected chi connectivity index (χ1v) is 11.3. The van der Waals surface area contributed by atoms with E-state index < -0.39 is 17.0 Å². The lowest BCUT2D eigenvalue weighted by Gasteiger charge is -2.14. The zero-order valence-corrected chi connectivity index (χ0v) is 20.4. The SMILES string of the molecule is CCCCc1nc2ccc(Br)cc2c(=O)n1N=Cc1cc([N+](=O)[O-])ccc1O[C@@H](C)C(=O)OC. The molecule has 0 saturated carbocycles. The van der Waals surface area contributed by atoms with Gasteiger partial charge in [0.05, 0.1) is 29.2 Å². The van der Waals surface area contributed by atoms with E-state index in [1.165, 1.54) is 43.1 Å². The summed E-state index contributed by atoms with van der Waals surface area (Å²) in [7, 11) is 1.23. The highest BCUT2D eigenvalue weighted by molar-refractivity contribution is 9.10. The molecule has 2 aromatic carbocycles. The standard InChI is InChI=1S/C23H23BrN4O6/c1-4-5-6-21-26-19-9-7-16(24)12-18(19)22(29)27(21)25-13-15-11-17(28(31)32)8-10-20(15)34-14(2)23(30)33-3/h7-14H,4-6H2,1-3H3/t14-/m0/s1. The monoisotopic (exact) mass is 530 g/mol. The molecule has 34 heavy (non-hydrogen) atoms. The number of nitrogens with zero attached hydrogens (tertiary/aromatic N) is 4. The van der Waals surface area contributed by atoms with Crippen LogP contribution in [0.25, 0.3) is 10.9 Å². The number of hydrogen-bond donors (Lipinski definition) is 0. The van der Waals surface area contributed by atoms with Gasteiger partial charge in [-0.1, -0.05) is 29.3 Å². The van der Waals surface area contributed by atoms with Gasteiger partial charge in [0.1, 0.15) is 11.6 Å². The van der Waals surface area contributed by atoms with E-state index in [1.54, 1.807) is 18.2 Å². The molecule has 0 saturated heterocycles. The van der Waals surface area contributed by atoms with Gasteiger partial charge in [0.15, 0.2) is 6.10 Å². The molecule has 0 bridgehead atoms. The number of ether oxygens (including phenoxy) is 2. The van der Waals surface area contributed by atoms with Crippen LogP contribution in [-0.4, -0.2) is 40.0 Å². The van der Waals surface area contributed by atoms with E-state index in [0.717, 1.165) is 17.3 Å². The zero-order valence-electron chi connectivity index (χ0n) is 18.9. The van der Waals surface area contributed by atoms with Crippen LogP contribution in [0.5, 0.6) is 5.75 Å². The molecule has 0 radical (unpaired) electrons. The Hall–Kier alpha value is -3.60. The molecule has 1 atom stereocenters. The van der Waals surface area contributed by atoms with Gasteiger partial charge >= 0.3 is 5.97 Å². The van der Waals surface area contributed by atoms with Crippen molar-refractivity contribution in [1.82, 2.24) is 9.66 Å². The Morgan fingerprint density at radius 3 is 2.76 bits per heavy atom. The fraction of sp³-hybridized carbons (Fsp3) is 0.304. The van der Waals surface area contributed by atoms with Gasteiger partial charge in [-0.3, -0.25) is 14.9 Å². The molecule has 178 valence electrons. The lowest BCUT2D eigenvalue weighted by atomic mass is 10.2. The molecule has 1 heterocycles. The summed E-state index contributed by atoms with van der Waals surface area (Å²) in [6, 6.07) is 9.11. The fourth-order valence-corrected chi connectivity index (χ4v) is 3.55. The molecule has 3 aromatic rings. The average molecular weight is 531 g/mol. The molecular formula is C23H23BrN4O6. The first kappa shape index (κ1) is 25.0. The van der Waals surface area contributed by atoms with Crippen molar-refractivity contribution >= 4 is 44.7 Å². The number of halogens is 1. The summed E-state index contributed by atoms with van der Waals surface area (Å²) in [6.07, 6.45) is 2.54. The van der Waals surface area contributed by atoms with Crippen LogP contribution >= 0.6 is 15.9 Å². The van der Waals surface area contributed by atoms with Crippen LogP contribution in [-0.2, 0) is 16.0 Å². The summed E-state index contributed by atoms with van der Waals surface area (Å²) in [5.41, 5.74) is 0.202. The molecule has 0 fully saturated rings. The first-order valence-electron chi connectivity index (χ1n) is 10.5. The van der Waals surface area contributed by atoms with Crippen molar-refractivity contribution in [2.45, 2.75) is 39.2 Å². The van der Waals surface area contributed by atoms with Crippen LogP contribution in [0, 0.1) is 10.1 Å². The number of aromatic nitrogens is 2. The molecule has 0 aliphatic carbocycles. The number of rotatable bonds is 9. The Balaban J connectivity index is 2.13. The molecule has 11 heteroatoms. The molecule has 0 amide bonds. The maximum Gasteiger partial charge on any atom is 0.346 e. The number of nitro benzene ring substituents is 1. The number of methoxy groups -OCH3 is 1. The normalized spacial score (nSPS) is 12.1. The summed E-state index contributed by atoms with van der Waals surface area (Å²) in [6.45, 7) is 3.52. The lowest BCUT2D eigenvalue weighted by Crippen LogP contribution is -2.25. The van der Waals surface area contributed by atoms with Crippen molar-refractivity contribution in [3.8, 4) is 5.75 Å². The van der Waals surface area contributed by atoms with Gasteiger partial charge < -0.3 is 9.47 Å². The molecular weight excluding hydrogens is 508 g/mol. The number of nitro groups is 1. The second kappa shape index (κ2) is 11.0. The summed E-state index contributed by atoms with van der Waals surface area (Å²) < 4.78 is 12.2. The van der Waals surface area contributed by atoms with E-state index in [1.807, 2.05) is 6.92 Å². The van der Waals surface area contributed by atoms with Crippen molar-refractivity contribution in [2.75, 3.05) is 7.11 Å². The topological polar surface area (TPSA) is 126 Å². The number of carbonyl (C=O) groups excluding carboxylic acids is 1. The number of benzene rings is 2. The molecule has 0 aliphatic rings. The van der Waals surface area contributed by atoms with Crippen LogP contribution < -0.4 is 10.3 Å². The van der Waals surface area contributed by atoms with Crippen LogP contribution in [0.3, 0.4) is 0 Å². The Morgan fingerprint density at radius 1 is 1.32 bits per heavy atom. The van der Waals surface area contributed by atoms with Gasteiger partial charge in [0.25, 0.3) is 11.2 Å². The van der Waals surface area contributed by atoms with E-state index in [2.05, 4.69) is 30.8 Å². The van der Waals surface area contributed by atoms with Crippen LogP contribution in [0.4, 0.5) is 5.69 Å². The first-order chi connectivity index (χ1) is 16.2. The number of hydrogen-bond acceptors (Lipinski definition) is 8. The van der Waals surface area contributed by atoms with E-state index in [4.69, 9.17) is 4.74 Å². The lowest BCUT2D eigenvalue weighted by molar-refractivity contribution is -0.384. The smallest absolute Gasteiger partial charge is 0.346 e. The summed E-state index contributed by atoms with van der Waals surface area (Å²) >= 11 is 3.37. The quantitative estimate of drug-likeness (QED) is 0.175. The molecule has 3 rings (SSSR count). The van der Waals surface area contributed by atoms with E-state index in [-0.39, 0.29) is 22.6 Å². The minimum Gasteiger partial charge on any atom is -0.478 e. The van der Waals surface area contributed by atoms with E-state index >= 15 is 0 Å². The predicted octanol–water partition coefficient (Wildman–Crippen LogP) is 4.23. The largest absolute Gasteiger partial charge is 0.478 e. The average Bonchev–Trinajstić information content (AvgIpc) is 2.82. The predicted molar refractivity (Wildman–Crippen MR) is 131 cm³/mol. The van der Waals surface area contributed by atoms with Crippen molar-refractivity contribution < 1.29 is 19.2 Å². The number of carbonyl (C=O) groups is 1. The minimum atomic E-state index is -0.957. The van der Waals surface area contributed by atoms with Gasteiger partial charge in [0, 0.05) is 28.6 Å². The van der Waals surface area contributed by atoms with Gasteiger partial charge in [-0.25, -0.2) is 9.78 Å². The van der Waals surface area contributed by atoms with Crippen LogP contribution in [0.15, 0.2) is 50.8 Å². The van der Waals surface area contributed by atoms with Crippen molar-refractivity contribution in [2.24, 2.45) is 5.10 Å². The minimum absolute atomic E-state index is 0.173. The highest BCUT2D eigenvalue weighted by Crippen LogP contribution is 2.24. The highest BCUT2D eigenvalue weighted by atomic mass is 79.9. The summed E-state index contributed by atoms with van der Waals surface area (Å²) in [5.74, 6) is 0.0317. The second-order valence-corrected chi connectivity index (χ2v) is 8.33. The number of unbranched alkanes of at least 4 members (excludes halogenated alkanes) is 1. The third-order valence-electron chi connectivity index (χ3n) is 4.98. The number of aryl methyl sites for hydroxylation is 1. The molecule has 0 N–H and O–H groups in total. The Morgan fingerprint density at radius 2 is 2.09 bits per heavy atom. The maximum atomic E-state index is 13.2. The molecule has 0 aliphatic heterocycles. The second-order valence-electron chi connectivity index (χ2n) is 7.42. The Kier molecular flexibility index (Phi) is 8.11. The van der Waals surface area contributed by atoms with Gasteiger partial charge in [0.2, 0.25) is 0 Å².